The van der Waals surface area contributed by atoms with E-state index in [1.165, 1.54) is 32.1 Å². The summed E-state index contributed by atoms with van der Waals surface area (Å²) in [6.45, 7) is 2.07. The maximum atomic E-state index is 12.9. The molecule has 2 unspecified atom stereocenters. The summed E-state index contributed by atoms with van der Waals surface area (Å²) in [7, 11) is 0. The van der Waals surface area contributed by atoms with Crippen molar-refractivity contribution in [1.82, 2.24) is 20.9 Å². The van der Waals surface area contributed by atoms with E-state index in [0.717, 1.165) is 17.7 Å². The first kappa shape index (κ1) is 18.8. The second-order valence-corrected chi connectivity index (χ2v) is 8.99. The standard InChI is InChI=1S/C22H28N4O3/c27-19-6-5-18(20(28)24-19)26-13-17-14(3-1-4-16(17)21(26)29)11-23-12-15-7-10-22(25-15)8-2-9-22/h1,3-4,15,18,23,25H,2,5-13H2,(H,24,27,28). The highest BCUT2D eigenvalue weighted by Crippen LogP contribution is 2.40. The summed E-state index contributed by atoms with van der Waals surface area (Å²) in [5.41, 5.74) is 3.22. The van der Waals surface area contributed by atoms with Crippen LogP contribution in [0, 0.1) is 0 Å². The van der Waals surface area contributed by atoms with Crippen LogP contribution in [0.2, 0.25) is 0 Å². The van der Waals surface area contributed by atoms with Gasteiger partial charge in [0.05, 0.1) is 0 Å². The highest BCUT2D eigenvalue weighted by Gasteiger charge is 2.43. The van der Waals surface area contributed by atoms with E-state index in [1.807, 2.05) is 12.1 Å². The van der Waals surface area contributed by atoms with Gasteiger partial charge in [-0.2, -0.15) is 0 Å². The van der Waals surface area contributed by atoms with E-state index < -0.39 is 6.04 Å². The maximum Gasteiger partial charge on any atom is 0.255 e. The summed E-state index contributed by atoms with van der Waals surface area (Å²) in [5, 5.41) is 9.74. The van der Waals surface area contributed by atoms with Gasteiger partial charge in [0.1, 0.15) is 6.04 Å². The van der Waals surface area contributed by atoms with E-state index >= 15 is 0 Å². The molecular weight excluding hydrogens is 368 g/mol. The number of hydrogen-bond acceptors (Lipinski definition) is 5. The van der Waals surface area contributed by atoms with E-state index in [9.17, 15) is 14.4 Å². The summed E-state index contributed by atoms with van der Waals surface area (Å²) in [6, 6.07) is 5.77. The van der Waals surface area contributed by atoms with Crippen LogP contribution >= 0.6 is 0 Å². The Balaban J connectivity index is 1.22. The fourth-order valence-electron chi connectivity index (χ4n) is 5.38. The zero-order chi connectivity index (χ0) is 20.0. The molecule has 1 aliphatic carbocycles. The quantitative estimate of drug-likeness (QED) is 0.651. The normalized spacial score (nSPS) is 27.9. The van der Waals surface area contributed by atoms with Crippen LogP contribution in [0.3, 0.4) is 0 Å². The van der Waals surface area contributed by atoms with Crippen molar-refractivity contribution in [2.75, 3.05) is 6.54 Å². The fraction of sp³-hybridized carbons (Fsp3) is 0.591. The molecule has 3 amide bonds. The van der Waals surface area contributed by atoms with Gasteiger partial charge in [0.25, 0.3) is 5.91 Å². The number of imide groups is 1. The van der Waals surface area contributed by atoms with Crippen LogP contribution in [0.1, 0.15) is 66.4 Å². The average Bonchev–Trinajstić information content (AvgIpc) is 3.25. The van der Waals surface area contributed by atoms with Gasteiger partial charge in [-0.25, -0.2) is 0 Å². The predicted octanol–water partition coefficient (Wildman–Crippen LogP) is 1.21. The molecule has 4 aliphatic rings. The molecule has 3 heterocycles. The maximum absolute atomic E-state index is 12.9. The Morgan fingerprint density at radius 1 is 1.14 bits per heavy atom. The van der Waals surface area contributed by atoms with Crippen LogP contribution in [0.4, 0.5) is 0 Å². The fourth-order valence-corrected chi connectivity index (χ4v) is 5.38. The molecule has 2 atom stereocenters. The van der Waals surface area contributed by atoms with Crippen molar-refractivity contribution < 1.29 is 14.4 Å². The van der Waals surface area contributed by atoms with Crippen LogP contribution < -0.4 is 16.0 Å². The molecule has 7 heteroatoms. The number of amides is 3. The first-order valence-electron chi connectivity index (χ1n) is 10.8. The van der Waals surface area contributed by atoms with Gasteiger partial charge in [-0.15, -0.1) is 0 Å². The Bertz CT molecular complexity index is 864. The van der Waals surface area contributed by atoms with Gasteiger partial charge in [-0.05, 0) is 55.7 Å². The smallest absolute Gasteiger partial charge is 0.255 e. The molecular formula is C22H28N4O3. The number of nitrogens with zero attached hydrogens (tertiary/aromatic N) is 1. The Labute approximate surface area is 170 Å². The van der Waals surface area contributed by atoms with Crippen molar-refractivity contribution >= 4 is 17.7 Å². The van der Waals surface area contributed by atoms with Crippen LogP contribution in [-0.2, 0) is 22.7 Å². The number of piperidine rings is 1. The molecule has 1 aromatic carbocycles. The summed E-state index contributed by atoms with van der Waals surface area (Å²) in [4.78, 5) is 38.2. The third-order valence-electron chi connectivity index (χ3n) is 7.18. The summed E-state index contributed by atoms with van der Waals surface area (Å²) < 4.78 is 0. The molecule has 154 valence electrons. The van der Waals surface area contributed by atoms with Crippen molar-refractivity contribution in [3.8, 4) is 0 Å². The Kier molecular flexibility index (Phi) is 4.67. The monoisotopic (exact) mass is 396 g/mol. The Hall–Kier alpha value is -2.25. The number of benzene rings is 1. The van der Waals surface area contributed by atoms with E-state index in [2.05, 4.69) is 22.0 Å². The summed E-state index contributed by atoms with van der Waals surface area (Å²) in [6.07, 6.45) is 7.16. The zero-order valence-corrected chi connectivity index (χ0v) is 16.6. The van der Waals surface area contributed by atoms with Gasteiger partial charge in [0.2, 0.25) is 11.8 Å². The molecule has 1 aromatic rings. The number of nitrogens with one attached hydrogen (secondary N) is 3. The molecule has 3 N–H and O–H groups in total. The second kappa shape index (κ2) is 7.22. The van der Waals surface area contributed by atoms with Gasteiger partial charge in [-0.1, -0.05) is 12.1 Å². The van der Waals surface area contributed by atoms with Crippen molar-refractivity contribution in [3.05, 3.63) is 34.9 Å². The summed E-state index contributed by atoms with van der Waals surface area (Å²) in [5.74, 6) is -0.732. The van der Waals surface area contributed by atoms with Gasteiger partial charge >= 0.3 is 0 Å². The average molecular weight is 396 g/mol. The molecule has 2 saturated heterocycles. The highest BCUT2D eigenvalue weighted by molar-refractivity contribution is 6.05. The lowest BCUT2D eigenvalue weighted by molar-refractivity contribution is -0.136. The zero-order valence-electron chi connectivity index (χ0n) is 16.6. The minimum atomic E-state index is -0.560. The topological polar surface area (TPSA) is 90.5 Å². The first-order valence-corrected chi connectivity index (χ1v) is 10.8. The second-order valence-electron chi connectivity index (χ2n) is 8.99. The van der Waals surface area contributed by atoms with Gasteiger partial charge in [-0.3, -0.25) is 19.7 Å². The minimum Gasteiger partial charge on any atom is -0.322 e. The first-order chi connectivity index (χ1) is 14.0. The molecule has 0 radical (unpaired) electrons. The van der Waals surface area contributed by atoms with Crippen LogP contribution in [0.25, 0.3) is 0 Å². The van der Waals surface area contributed by atoms with Gasteiger partial charge < -0.3 is 15.5 Å². The number of fused-ring (bicyclic) bond motifs is 1. The predicted molar refractivity (Wildman–Crippen MR) is 107 cm³/mol. The summed E-state index contributed by atoms with van der Waals surface area (Å²) >= 11 is 0. The molecule has 1 spiro atoms. The Morgan fingerprint density at radius 2 is 2.00 bits per heavy atom. The van der Waals surface area contributed by atoms with Crippen molar-refractivity contribution in [1.29, 1.82) is 0 Å². The van der Waals surface area contributed by atoms with E-state index in [0.29, 0.717) is 36.7 Å². The lowest BCUT2D eigenvalue weighted by Crippen LogP contribution is -2.52. The van der Waals surface area contributed by atoms with Crippen molar-refractivity contribution in [2.24, 2.45) is 0 Å². The Morgan fingerprint density at radius 3 is 2.72 bits per heavy atom. The molecule has 29 heavy (non-hydrogen) atoms. The van der Waals surface area contributed by atoms with Crippen molar-refractivity contribution in [3.63, 3.8) is 0 Å². The number of carbonyl (C=O) groups excluding carboxylic acids is 3. The van der Waals surface area contributed by atoms with Gasteiger partial charge in [0, 0.05) is 43.2 Å². The molecule has 5 rings (SSSR count). The van der Waals surface area contributed by atoms with E-state index in [4.69, 9.17) is 0 Å². The third kappa shape index (κ3) is 3.36. The van der Waals surface area contributed by atoms with Gasteiger partial charge in [0.15, 0.2) is 0 Å². The van der Waals surface area contributed by atoms with Crippen molar-refractivity contribution in [2.45, 2.75) is 75.7 Å². The van der Waals surface area contributed by atoms with Crippen LogP contribution in [-0.4, -0.2) is 46.8 Å². The number of carbonyl (C=O) groups is 3. The third-order valence-corrected chi connectivity index (χ3v) is 7.18. The van der Waals surface area contributed by atoms with Crippen LogP contribution in [0.5, 0.6) is 0 Å². The molecule has 0 bridgehead atoms. The molecule has 3 aliphatic heterocycles. The SMILES string of the molecule is O=C1CCC(N2Cc3c(CNCC4CCC5(CCC5)N4)cccc3C2=O)C(=O)N1. The molecule has 0 aromatic heterocycles. The largest absolute Gasteiger partial charge is 0.322 e. The number of rotatable bonds is 5. The molecule has 1 saturated carbocycles. The lowest BCUT2D eigenvalue weighted by atomic mass is 9.76. The molecule has 3 fully saturated rings. The van der Waals surface area contributed by atoms with E-state index in [-0.39, 0.29) is 24.1 Å². The number of hydrogen-bond donors (Lipinski definition) is 3. The highest BCUT2D eigenvalue weighted by atomic mass is 16.2. The van der Waals surface area contributed by atoms with Crippen LogP contribution in [0.15, 0.2) is 18.2 Å². The molecule has 7 nitrogen and oxygen atoms in total. The van der Waals surface area contributed by atoms with E-state index in [1.54, 1.807) is 4.90 Å². The lowest BCUT2D eigenvalue weighted by Gasteiger charge is -2.39. The minimum absolute atomic E-state index is 0.110.